The third-order valence-corrected chi connectivity index (χ3v) is 4.65. The smallest absolute Gasteiger partial charge is 0.224 e. The third kappa shape index (κ3) is 3.64. The molecule has 0 spiro atoms. The maximum absolute atomic E-state index is 13.2. The van der Waals surface area contributed by atoms with Gasteiger partial charge >= 0.3 is 0 Å². The van der Waals surface area contributed by atoms with Crippen LogP contribution < -0.4 is 5.32 Å². The monoisotopic (exact) mass is 330 g/mol. The zero-order valence-corrected chi connectivity index (χ0v) is 14.0. The highest BCUT2D eigenvalue weighted by Gasteiger charge is 2.38. The second-order valence-corrected chi connectivity index (χ2v) is 6.44. The molecule has 2 aromatic rings. The molecular weight excluding hydrogens is 307 g/mol. The van der Waals surface area contributed by atoms with Gasteiger partial charge in [-0.15, -0.1) is 0 Å². The molecule has 0 aliphatic carbocycles. The summed E-state index contributed by atoms with van der Waals surface area (Å²) >= 11 is 0. The first-order chi connectivity index (χ1) is 11.5. The van der Waals surface area contributed by atoms with Gasteiger partial charge in [-0.3, -0.25) is 9.48 Å². The molecule has 1 aromatic heterocycles. The molecule has 2 heterocycles. The quantitative estimate of drug-likeness (QED) is 0.885. The number of likely N-dealkylation sites (tertiary alicyclic amines) is 1. The summed E-state index contributed by atoms with van der Waals surface area (Å²) in [5.74, 6) is -0.149. The Morgan fingerprint density at radius 1 is 1.38 bits per heavy atom. The standard InChI is InChI=1S/C18H23FN4O/c1-13(8-11-23-10-3-9-20-23)21-16-12-17(24)22(2)18(16)14-4-6-15(19)7-5-14/h3-7,9-10,13,16,18,21H,8,11-12H2,1-2H3/t13-,16-,18+/m1/s1. The minimum absolute atomic E-state index is 0.0283. The number of nitrogens with one attached hydrogen (secondary N) is 1. The summed E-state index contributed by atoms with van der Waals surface area (Å²) in [7, 11) is 1.81. The number of carbonyl (C=O) groups is 1. The lowest BCUT2D eigenvalue weighted by atomic mass is 9.99. The Balaban J connectivity index is 1.66. The number of nitrogens with zero attached hydrogens (tertiary/aromatic N) is 3. The van der Waals surface area contributed by atoms with Crippen molar-refractivity contribution in [2.75, 3.05) is 7.05 Å². The van der Waals surface area contributed by atoms with Crippen LogP contribution in [0.3, 0.4) is 0 Å². The lowest BCUT2D eigenvalue weighted by molar-refractivity contribution is -0.127. The SMILES string of the molecule is C[C@H](CCn1cccn1)N[C@@H]1CC(=O)N(C)[C@H]1c1ccc(F)cc1. The summed E-state index contributed by atoms with van der Waals surface area (Å²) < 4.78 is 15.1. The number of hydrogen-bond acceptors (Lipinski definition) is 3. The van der Waals surface area contributed by atoms with Crippen molar-refractivity contribution in [3.8, 4) is 0 Å². The van der Waals surface area contributed by atoms with Crippen molar-refractivity contribution in [2.45, 2.75) is 44.4 Å². The molecule has 0 saturated carbocycles. The summed E-state index contributed by atoms with van der Waals surface area (Å²) in [6, 6.07) is 8.55. The Morgan fingerprint density at radius 3 is 2.79 bits per heavy atom. The predicted octanol–water partition coefficient (Wildman–Crippen LogP) is 2.36. The molecule has 1 fully saturated rings. The summed E-state index contributed by atoms with van der Waals surface area (Å²) in [5.41, 5.74) is 0.960. The third-order valence-electron chi connectivity index (χ3n) is 4.65. The normalized spacial score (nSPS) is 22.1. The van der Waals surface area contributed by atoms with E-state index in [0.29, 0.717) is 6.42 Å². The minimum Gasteiger partial charge on any atom is -0.337 e. The van der Waals surface area contributed by atoms with Gasteiger partial charge in [0.25, 0.3) is 0 Å². The Morgan fingerprint density at radius 2 is 2.12 bits per heavy atom. The number of benzene rings is 1. The first-order valence-electron chi connectivity index (χ1n) is 8.29. The zero-order chi connectivity index (χ0) is 17.1. The van der Waals surface area contributed by atoms with Crippen LogP contribution in [0.2, 0.25) is 0 Å². The summed E-state index contributed by atoms with van der Waals surface area (Å²) in [6.07, 6.45) is 5.10. The highest BCUT2D eigenvalue weighted by atomic mass is 19.1. The molecule has 3 atom stereocenters. The van der Waals surface area contributed by atoms with Crippen molar-refractivity contribution in [3.05, 3.63) is 54.1 Å². The van der Waals surface area contributed by atoms with E-state index in [4.69, 9.17) is 0 Å². The van der Waals surface area contributed by atoms with Crippen LogP contribution in [-0.2, 0) is 11.3 Å². The molecule has 3 rings (SSSR count). The van der Waals surface area contributed by atoms with Crippen LogP contribution >= 0.6 is 0 Å². The fourth-order valence-electron chi connectivity index (χ4n) is 3.34. The van der Waals surface area contributed by atoms with Crippen LogP contribution in [0.4, 0.5) is 4.39 Å². The molecule has 1 N–H and O–H groups in total. The number of rotatable bonds is 6. The minimum atomic E-state index is -0.261. The van der Waals surface area contributed by atoms with Gasteiger partial charge in [0.2, 0.25) is 5.91 Å². The van der Waals surface area contributed by atoms with Gasteiger partial charge < -0.3 is 10.2 Å². The highest BCUT2D eigenvalue weighted by Crippen LogP contribution is 2.32. The molecule has 1 aliphatic heterocycles. The van der Waals surface area contributed by atoms with Crippen LogP contribution in [0.15, 0.2) is 42.7 Å². The molecule has 0 radical (unpaired) electrons. The average Bonchev–Trinajstić information content (AvgIpc) is 3.16. The van der Waals surface area contributed by atoms with Gasteiger partial charge in [-0.2, -0.15) is 5.10 Å². The molecule has 1 aromatic carbocycles. The van der Waals surface area contributed by atoms with E-state index in [-0.39, 0.29) is 29.8 Å². The van der Waals surface area contributed by atoms with Crippen molar-refractivity contribution in [1.29, 1.82) is 0 Å². The van der Waals surface area contributed by atoms with Crippen molar-refractivity contribution < 1.29 is 9.18 Å². The summed E-state index contributed by atoms with van der Waals surface area (Å²) in [6.45, 7) is 2.95. The number of likely N-dealkylation sites (N-methyl/N-ethyl adjacent to an activating group) is 1. The van der Waals surface area contributed by atoms with Crippen LogP contribution in [0.25, 0.3) is 0 Å². The maximum Gasteiger partial charge on any atom is 0.224 e. The van der Waals surface area contributed by atoms with E-state index in [1.807, 2.05) is 24.0 Å². The van der Waals surface area contributed by atoms with Crippen molar-refractivity contribution in [1.82, 2.24) is 20.0 Å². The Hall–Kier alpha value is -2.21. The average molecular weight is 330 g/mol. The van der Waals surface area contributed by atoms with Gasteiger partial charge in [-0.1, -0.05) is 12.1 Å². The van der Waals surface area contributed by atoms with E-state index in [1.165, 1.54) is 12.1 Å². The first-order valence-corrected chi connectivity index (χ1v) is 8.29. The highest BCUT2D eigenvalue weighted by molar-refractivity contribution is 5.80. The Labute approximate surface area is 141 Å². The van der Waals surface area contributed by atoms with Gasteiger partial charge in [0.15, 0.2) is 0 Å². The number of aryl methyl sites for hydroxylation is 1. The van der Waals surface area contributed by atoms with Crippen molar-refractivity contribution >= 4 is 5.91 Å². The summed E-state index contributed by atoms with van der Waals surface area (Å²) in [5, 5.41) is 7.77. The Bertz CT molecular complexity index is 671. The van der Waals surface area contributed by atoms with Crippen LogP contribution in [0.1, 0.15) is 31.4 Å². The van der Waals surface area contributed by atoms with Gasteiger partial charge in [-0.05, 0) is 37.1 Å². The predicted molar refractivity (Wildman–Crippen MR) is 89.8 cm³/mol. The fraction of sp³-hybridized carbons (Fsp3) is 0.444. The largest absolute Gasteiger partial charge is 0.337 e. The van der Waals surface area contributed by atoms with Crippen molar-refractivity contribution in [3.63, 3.8) is 0 Å². The van der Waals surface area contributed by atoms with Crippen LogP contribution in [0.5, 0.6) is 0 Å². The number of hydrogen-bond donors (Lipinski definition) is 1. The fourth-order valence-corrected chi connectivity index (χ4v) is 3.34. The van der Waals surface area contributed by atoms with E-state index in [9.17, 15) is 9.18 Å². The first kappa shape index (κ1) is 16.6. The molecule has 1 amide bonds. The lowest BCUT2D eigenvalue weighted by Gasteiger charge is -2.28. The van der Waals surface area contributed by atoms with E-state index in [1.54, 1.807) is 23.2 Å². The number of aromatic nitrogens is 2. The molecule has 6 heteroatoms. The number of amides is 1. The van der Waals surface area contributed by atoms with E-state index < -0.39 is 0 Å². The van der Waals surface area contributed by atoms with Crippen molar-refractivity contribution in [2.24, 2.45) is 0 Å². The lowest BCUT2D eigenvalue weighted by Crippen LogP contribution is -2.40. The van der Waals surface area contributed by atoms with Gasteiger partial charge in [0.05, 0.1) is 6.04 Å². The van der Waals surface area contributed by atoms with Gasteiger partial charge in [0, 0.05) is 44.5 Å². The molecule has 0 bridgehead atoms. The van der Waals surface area contributed by atoms with E-state index in [0.717, 1.165) is 18.5 Å². The maximum atomic E-state index is 13.2. The van der Waals surface area contributed by atoms with Crippen LogP contribution in [0, 0.1) is 5.82 Å². The molecule has 0 unspecified atom stereocenters. The van der Waals surface area contributed by atoms with Gasteiger partial charge in [-0.25, -0.2) is 4.39 Å². The molecular formula is C18H23FN4O. The van der Waals surface area contributed by atoms with Gasteiger partial charge in [0.1, 0.15) is 5.82 Å². The molecule has 1 saturated heterocycles. The zero-order valence-electron chi connectivity index (χ0n) is 14.0. The number of halogens is 1. The summed E-state index contributed by atoms with van der Waals surface area (Å²) in [4.78, 5) is 13.9. The Kier molecular flexibility index (Phi) is 4.94. The van der Waals surface area contributed by atoms with Crippen LogP contribution in [-0.4, -0.2) is 39.7 Å². The topological polar surface area (TPSA) is 50.2 Å². The molecule has 5 nitrogen and oxygen atoms in total. The molecule has 24 heavy (non-hydrogen) atoms. The second-order valence-electron chi connectivity index (χ2n) is 6.44. The van der Waals surface area contributed by atoms with E-state index in [2.05, 4.69) is 17.3 Å². The number of carbonyl (C=O) groups excluding carboxylic acids is 1. The van der Waals surface area contributed by atoms with E-state index >= 15 is 0 Å². The molecule has 128 valence electrons. The second kappa shape index (κ2) is 7.13. The molecule has 1 aliphatic rings.